The van der Waals surface area contributed by atoms with Gasteiger partial charge in [-0.25, -0.2) is 15.0 Å². The third-order valence-corrected chi connectivity index (χ3v) is 3.11. The van der Waals surface area contributed by atoms with E-state index >= 15 is 0 Å². The second-order valence-electron chi connectivity index (χ2n) is 4.54. The Morgan fingerprint density at radius 2 is 1.89 bits per heavy atom. The molecule has 0 atom stereocenters. The first-order valence-electron chi connectivity index (χ1n) is 6.21. The molecule has 0 saturated carbocycles. The van der Waals surface area contributed by atoms with Crippen molar-refractivity contribution in [3.8, 4) is 0 Å². The summed E-state index contributed by atoms with van der Waals surface area (Å²) < 4.78 is 1.86. The lowest BCUT2D eigenvalue weighted by Gasteiger charge is -2.03. The third kappa shape index (κ3) is 2.27. The molecule has 1 aromatic carbocycles. The molecule has 96 valence electrons. The SMILES string of the molecule is Cn1cnc2c(N)nc(CCc3ccccc3)nc21. The molecule has 2 N–H and O–H groups in total. The zero-order valence-corrected chi connectivity index (χ0v) is 10.7. The molecule has 5 nitrogen and oxygen atoms in total. The summed E-state index contributed by atoms with van der Waals surface area (Å²) >= 11 is 0. The number of nitrogens with zero attached hydrogens (tertiary/aromatic N) is 4. The van der Waals surface area contributed by atoms with Crippen LogP contribution in [0.4, 0.5) is 5.82 Å². The zero-order valence-electron chi connectivity index (χ0n) is 10.7. The molecular weight excluding hydrogens is 238 g/mol. The maximum atomic E-state index is 5.91. The Kier molecular flexibility index (Phi) is 2.87. The number of aromatic nitrogens is 4. The third-order valence-electron chi connectivity index (χ3n) is 3.11. The number of rotatable bonds is 3. The minimum atomic E-state index is 0.452. The van der Waals surface area contributed by atoms with Crippen molar-refractivity contribution < 1.29 is 0 Å². The van der Waals surface area contributed by atoms with E-state index in [1.54, 1.807) is 6.33 Å². The molecule has 0 radical (unpaired) electrons. The molecule has 0 aliphatic rings. The van der Waals surface area contributed by atoms with Crippen molar-refractivity contribution in [3.05, 3.63) is 48.0 Å². The van der Waals surface area contributed by atoms with Gasteiger partial charge in [-0.1, -0.05) is 30.3 Å². The van der Waals surface area contributed by atoms with E-state index in [2.05, 4.69) is 27.1 Å². The van der Waals surface area contributed by atoms with Gasteiger partial charge in [-0.05, 0) is 12.0 Å². The van der Waals surface area contributed by atoms with Gasteiger partial charge in [0.05, 0.1) is 6.33 Å². The number of fused-ring (bicyclic) bond motifs is 1. The van der Waals surface area contributed by atoms with E-state index in [-0.39, 0.29) is 0 Å². The van der Waals surface area contributed by atoms with Gasteiger partial charge >= 0.3 is 0 Å². The second-order valence-corrected chi connectivity index (χ2v) is 4.54. The van der Waals surface area contributed by atoms with Crippen LogP contribution in [0, 0.1) is 0 Å². The number of nitrogens with two attached hydrogens (primary N) is 1. The lowest BCUT2D eigenvalue weighted by atomic mass is 10.1. The topological polar surface area (TPSA) is 69.6 Å². The summed E-state index contributed by atoms with van der Waals surface area (Å²) in [4.78, 5) is 13.0. The van der Waals surface area contributed by atoms with Crippen LogP contribution in [0.5, 0.6) is 0 Å². The van der Waals surface area contributed by atoms with Crippen LogP contribution in [0.1, 0.15) is 11.4 Å². The standard InChI is InChI=1S/C14H15N5/c1-19-9-16-12-13(15)17-11(18-14(12)19)8-7-10-5-3-2-4-6-10/h2-6,9H,7-8H2,1H3,(H2,15,17,18). The summed E-state index contributed by atoms with van der Waals surface area (Å²) in [6, 6.07) is 10.3. The molecule has 2 heterocycles. The van der Waals surface area contributed by atoms with Gasteiger partial charge in [-0.3, -0.25) is 0 Å². The van der Waals surface area contributed by atoms with Gasteiger partial charge in [0, 0.05) is 13.5 Å². The predicted molar refractivity (Wildman–Crippen MR) is 74.6 cm³/mol. The van der Waals surface area contributed by atoms with E-state index in [0.717, 1.165) is 24.3 Å². The fourth-order valence-corrected chi connectivity index (χ4v) is 2.09. The van der Waals surface area contributed by atoms with Gasteiger partial charge in [0.25, 0.3) is 0 Å². The minimum Gasteiger partial charge on any atom is -0.382 e. The monoisotopic (exact) mass is 253 g/mol. The Bertz CT molecular complexity index is 702. The summed E-state index contributed by atoms with van der Waals surface area (Å²) in [7, 11) is 1.91. The number of benzene rings is 1. The first kappa shape index (κ1) is 11.6. The Morgan fingerprint density at radius 3 is 2.68 bits per heavy atom. The second kappa shape index (κ2) is 4.68. The van der Waals surface area contributed by atoms with Crippen LogP contribution in [0.2, 0.25) is 0 Å². The molecule has 3 aromatic rings. The van der Waals surface area contributed by atoms with Crippen molar-refractivity contribution in [1.29, 1.82) is 0 Å². The van der Waals surface area contributed by atoms with Crippen molar-refractivity contribution >= 4 is 17.0 Å². The number of anilines is 1. The zero-order chi connectivity index (χ0) is 13.2. The van der Waals surface area contributed by atoms with Crippen molar-refractivity contribution in [2.24, 2.45) is 7.05 Å². The molecule has 0 aliphatic carbocycles. The highest BCUT2D eigenvalue weighted by molar-refractivity contribution is 5.81. The highest BCUT2D eigenvalue weighted by Gasteiger charge is 2.09. The summed E-state index contributed by atoms with van der Waals surface area (Å²) in [6.45, 7) is 0. The Morgan fingerprint density at radius 1 is 1.11 bits per heavy atom. The minimum absolute atomic E-state index is 0.452. The van der Waals surface area contributed by atoms with Crippen molar-refractivity contribution in [2.45, 2.75) is 12.8 Å². The van der Waals surface area contributed by atoms with E-state index in [1.807, 2.05) is 29.8 Å². The quantitative estimate of drug-likeness (QED) is 0.771. The summed E-state index contributed by atoms with van der Waals surface area (Å²) in [5, 5.41) is 0. The molecule has 0 spiro atoms. The van der Waals surface area contributed by atoms with Gasteiger partial charge in [-0.2, -0.15) is 0 Å². The van der Waals surface area contributed by atoms with Gasteiger partial charge in [0.2, 0.25) is 0 Å². The van der Waals surface area contributed by atoms with E-state index in [9.17, 15) is 0 Å². The Hall–Kier alpha value is -2.43. The molecule has 0 bridgehead atoms. The van der Waals surface area contributed by atoms with Crippen LogP contribution in [-0.2, 0) is 19.9 Å². The predicted octanol–water partition coefficient (Wildman–Crippen LogP) is 1.73. The maximum Gasteiger partial charge on any atom is 0.165 e. The fraction of sp³-hybridized carbons (Fsp3) is 0.214. The molecule has 2 aromatic heterocycles. The normalized spacial score (nSPS) is 11.0. The molecule has 19 heavy (non-hydrogen) atoms. The lowest BCUT2D eigenvalue weighted by Crippen LogP contribution is -2.04. The number of aryl methyl sites for hydroxylation is 3. The Labute approximate surface area is 111 Å². The summed E-state index contributed by atoms with van der Waals surface area (Å²) in [6.07, 6.45) is 3.38. The van der Waals surface area contributed by atoms with Crippen LogP contribution in [-0.4, -0.2) is 19.5 Å². The average molecular weight is 253 g/mol. The Balaban J connectivity index is 1.87. The van der Waals surface area contributed by atoms with Gasteiger partial charge in [0.15, 0.2) is 11.5 Å². The van der Waals surface area contributed by atoms with E-state index < -0.39 is 0 Å². The van der Waals surface area contributed by atoms with Crippen LogP contribution in [0.15, 0.2) is 36.7 Å². The fourth-order valence-electron chi connectivity index (χ4n) is 2.09. The molecule has 0 saturated heterocycles. The van der Waals surface area contributed by atoms with Crippen LogP contribution in [0.3, 0.4) is 0 Å². The molecule has 5 heteroatoms. The first-order valence-corrected chi connectivity index (χ1v) is 6.21. The molecular formula is C14H15N5. The van der Waals surface area contributed by atoms with Crippen LogP contribution >= 0.6 is 0 Å². The summed E-state index contributed by atoms with van der Waals surface area (Å²) in [5.74, 6) is 1.21. The highest BCUT2D eigenvalue weighted by atomic mass is 15.1. The van der Waals surface area contributed by atoms with Crippen molar-refractivity contribution in [3.63, 3.8) is 0 Å². The van der Waals surface area contributed by atoms with Crippen molar-refractivity contribution in [2.75, 3.05) is 5.73 Å². The molecule has 0 fully saturated rings. The van der Waals surface area contributed by atoms with Gasteiger partial charge in [0.1, 0.15) is 11.3 Å². The molecule has 0 amide bonds. The molecule has 0 unspecified atom stereocenters. The number of nitrogen functional groups attached to an aromatic ring is 1. The van der Waals surface area contributed by atoms with E-state index in [1.165, 1.54) is 5.56 Å². The lowest BCUT2D eigenvalue weighted by molar-refractivity contribution is 0.853. The highest BCUT2D eigenvalue weighted by Crippen LogP contribution is 2.15. The average Bonchev–Trinajstić information content (AvgIpc) is 2.80. The number of hydrogen-bond donors (Lipinski definition) is 1. The molecule has 3 rings (SSSR count). The van der Waals surface area contributed by atoms with E-state index in [4.69, 9.17) is 5.73 Å². The first-order chi connectivity index (χ1) is 9.24. The number of hydrogen-bond acceptors (Lipinski definition) is 4. The van der Waals surface area contributed by atoms with Gasteiger partial charge in [-0.15, -0.1) is 0 Å². The largest absolute Gasteiger partial charge is 0.382 e. The van der Waals surface area contributed by atoms with Crippen molar-refractivity contribution in [1.82, 2.24) is 19.5 Å². The van der Waals surface area contributed by atoms with Gasteiger partial charge < -0.3 is 10.3 Å². The number of imidazole rings is 1. The maximum absolute atomic E-state index is 5.91. The van der Waals surface area contributed by atoms with Crippen LogP contribution < -0.4 is 5.73 Å². The van der Waals surface area contributed by atoms with E-state index in [0.29, 0.717) is 11.3 Å². The van der Waals surface area contributed by atoms with Crippen LogP contribution in [0.25, 0.3) is 11.2 Å². The smallest absolute Gasteiger partial charge is 0.165 e. The molecule has 0 aliphatic heterocycles. The summed E-state index contributed by atoms with van der Waals surface area (Å²) in [5.41, 5.74) is 8.65.